The van der Waals surface area contributed by atoms with E-state index >= 15 is 0 Å². The quantitative estimate of drug-likeness (QED) is 0.913. The van der Waals surface area contributed by atoms with Crippen molar-refractivity contribution in [3.8, 4) is 0 Å². The molecule has 0 radical (unpaired) electrons. The van der Waals surface area contributed by atoms with Gasteiger partial charge in [0.25, 0.3) is 0 Å². The number of hydrogen-bond acceptors (Lipinski definition) is 5. The van der Waals surface area contributed by atoms with Gasteiger partial charge in [-0.25, -0.2) is 18.2 Å². The Morgan fingerprint density at radius 3 is 2.90 bits per heavy atom. The molecule has 0 spiro atoms. The van der Waals surface area contributed by atoms with E-state index in [4.69, 9.17) is 0 Å². The molecule has 1 aliphatic rings. The molecule has 21 heavy (non-hydrogen) atoms. The van der Waals surface area contributed by atoms with Crippen molar-refractivity contribution in [2.75, 3.05) is 6.54 Å². The maximum atomic E-state index is 12.8. The first-order valence-electron chi connectivity index (χ1n) is 6.23. The molecule has 2 aromatic heterocycles. The second kappa shape index (κ2) is 4.93. The van der Waals surface area contributed by atoms with Gasteiger partial charge in [-0.2, -0.15) is 4.31 Å². The average Bonchev–Trinajstić information content (AvgIpc) is 3.03. The van der Waals surface area contributed by atoms with Crippen LogP contribution >= 0.6 is 11.3 Å². The Morgan fingerprint density at radius 1 is 1.43 bits per heavy atom. The molecule has 3 rings (SSSR count). The lowest BCUT2D eigenvalue weighted by atomic mass is 10.3. The summed E-state index contributed by atoms with van der Waals surface area (Å²) in [4.78, 5) is 15.1. The number of nitrogens with zero attached hydrogens (tertiary/aromatic N) is 3. The maximum Gasteiger partial charge on any atom is 0.347 e. The minimum atomic E-state index is -3.84. The number of aromatic nitrogens is 2. The van der Waals surface area contributed by atoms with Crippen LogP contribution in [0, 0.1) is 6.92 Å². The molecule has 0 aliphatic carbocycles. The van der Waals surface area contributed by atoms with Crippen LogP contribution in [0.2, 0.25) is 0 Å². The standard InChI is InChI=1S/C12H13N3O4S2/c1-8-7-20-10(12(16)17)11(8)21(18,19)15-5-4-14-3-2-13-9(14)6-15/h2-3,7H,4-6H2,1H3,(H,16,17). The van der Waals surface area contributed by atoms with E-state index in [0.29, 0.717) is 24.5 Å². The van der Waals surface area contributed by atoms with E-state index in [-0.39, 0.29) is 16.3 Å². The van der Waals surface area contributed by atoms with Gasteiger partial charge in [-0.3, -0.25) is 0 Å². The number of sulfonamides is 1. The van der Waals surface area contributed by atoms with Gasteiger partial charge in [-0.15, -0.1) is 11.3 Å². The predicted octanol–water partition coefficient (Wildman–Crippen LogP) is 1.16. The molecular formula is C12H13N3O4S2. The molecule has 0 saturated carbocycles. The normalized spacial score (nSPS) is 15.9. The summed E-state index contributed by atoms with van der Waals surface area (Å²) in [6.45, 7) is 2.59. The first kappa shape index (κ1) is 14.2. The maximum absolute atomic E-state index is 12.8. The Kier molecular flexibility index (Phi) is 3.34. The van der Waals surface area contributed by atoms with Gasteiger partial charge < -0.3 is 9.67 Å². The third-order valence-corrected chi connectivity index (χ3v) is 6.67. The number of carboxylic acid groups (broad SMARTS) is 1. The molecule has 112 valence electrons. The number of aromatic carboxylic acids is 1. The van der Waals surface area contributed by atoms with Crippen LogP contribution < -0.4 is 0 Å². The van der Waals surface area contributed by atoms with Gasteiger partial charge in [0.05, 0.1) is 6.54 Å². The molecule has 0 aromatic carbocycles. The summed E-state index contributed by atoms with van der Waals surface area (Å²) in [7, 11) is -3.84. The van der Waals surface area contributed by atoms with Crippen LogP contribution in [0.3, 0.4) is 0 Å². The van der Waals surface area contributed by atoms with E-state index in [2.05, 4.69) is 4.98 Å². The molecule has 9 heteroatoms. The van der Waals surface area contributed by atoms with Crippen LogP contribution in [0.5, 0.6) is 0 Å². The zero-order valence-corrected chi connectivity index (χ0v) is 12.8. The number of carboxylic acids is 1. The van der Waals surface area contributed by atoms with E-state index in [9.17, 15) is 18.3 Å². The van der Waals surface area contributed by atoms with Gasteiger partial charge in [0.15, 0.2) is 0 Å². The van der Waals surface area contributed by atoms with Crippen LogP contribution in [0.15, 0.2) is 22.7 Å². The fraction of sp³-hybridized carbons (Fsp3) is 0.333. The smallest absolute Gasteiger partial charge is 0.347 e. The van der Waals surface area contributed by atoms with E-state index < -0.39 is 16.0 Å². The van der Waals surface area contributed by atoms with Crippen LogP contribution in [0.4, 0.5) is 0 Å². The van der Waals surface area contributed by atoms with Gasteiger partial charge in [-0.1, -0.05) is 0 Å². The van der Waals surface area contributed by atoms with Crippen molar-refractivity contribution in [2.45, 2.75) is 24.9 Å². The van der Waals surface area contributed by atoms with Gasteiger partial charge in [0.2, 0.25) is 10.0 Å². The van der Waals surface area contributed by atoms with Crippen molar-refractivity contribution in [3.63, 3.8) is 0 Å². The van der Waals surface area contributed by atoms with Crippen LogP contribution in [-0.2, 0) is 23.1 Å². The van der Waals surface area contributed by atoms with Crippen molar-refractivity contribution in [3.05, 3.63) is 34.0 Å². The molecule has 0 unspecified atom stereocenters. The highest BCUT2D eigenvalue weighted by Gasteiger charge is 2.34. The summed E-state index contributed by atoms with van der Waals surface area (Å²) in [5.74, 6) is -0.556. The molecule has 0 fully saturated rings. The topological polar surface area (TPSA) is 92.5 Å². The monoisotopic (exact) mass is 327 g/mol. The van der Waals surface area contributed by atoms with E-state index in [1.54, 1.807) is 24.7 Å². The first-order valence-corrected chi connectivity index (χ1v) is 8.55. The lowest BCUT2D eigenvalue weighted by Gasteiger charge is -2.27. The van der Waals surface area contributed by atoms with E-state index in [1.165, 1.54) is 4.31 Å². The minimum absolute atomic E-state index is 0.0972. The predicted molar refractivity (Wildman–Crippen MR) is 75.8 cm³/mol. The van der Waals surface area contributed by atoms with Gasteiger partial charge >= 0.3 is 5.97 Å². The van der Waals surface area contributed by atoms with Crippen LogP contribution in [-0.4, -0.2) is 39.9 Å². The summed E-state index contributed by atoms with van der Waals surface area (Å²) in [5, 5.41) is 10.7. The average molecular weight is 327 g/mol. The zero-order valence-electron chi connectivity index (χ0n) is 11.2. The summed E-state index contributed by atoms with van der Waals surface area (Å²) >= 11 is 0.936. The fourth-order valence-corrected chi connectivity index (χ4v) is 5.36. The van der Waals surface area contributed by atoms with E-state index in [0.717, 1.165) is 11.3 Å². The Labute approximate surface area is 125 Å². The molecule has 7 nitrogen and oxygen atoms in total. The fourth-order valence-electron chi connectivity index (χ4n) is 2.39. The number of hydrogen-bond donors (Lipinski definition) is 1. The summed E-state index contributed by atoms with van der Waals surface area (Å²) in [6.07, 6.45) is 3.43. The lowest BCUT2D eigenvalue weighted by molar-refractivity contribution is 0.0698. The molecule has 0 bridgehead atoms. The molecule has 0 saturated heterocycles. The molecule has 0 atom stereocenters. The molecule has 0 amide bonds. The molecule has 1 aliphatic heterocycles. The number of fused-ring (bicyclic) bond motifs is 1. The van der Waals surface area contributed by atoms with Crippen molar-refractivity contribution in [1.82, 2.24) is 13.9 Å². The molecule has 3 heterocycles. The van der Waals surface area contributed by atoms with Gasteiger partial charge in [0.1, 0.15) is 15.6 Å². The lowest BCUT2D eigenvalue weighted by Crippen LogP contribution is -2.38. The third-order valence-electron chi connectivity index (χ3n) is 3.42. The molecule has 1 N–H and O–H groups in total. The first-order chi connectivity index (χ1) is 9.91. The number of imidazole rings is 1. The highest BCUT2D eigenvalue weighted by molar-refractivity contribution is 7.89. The second-order valence-electron chi connectivity index (χ2n) is 4.76. The van der Waals surface area contributed by atoms with Crippen LogP contribution in [0.25, 0.3) is 0 Å². The second-order valence-corrected chi connectivity index (χ2v) is 7.51. The molecular weight excluding hydrogens is 314 g/mol. The van der Waals surface area contributed by atoms with Crippen molar-refractivity contribution >= 4 is 27.3 Å². The van der Waals surface area contributed by atoms with Crippen LogP contribution in [0.1, 0.15) is 21.1 Å². The van der Waals surface area contributed by atoms with Crippen molar-refractivity contribution in [1.29, 1.82) is 0 Å². The Bertz CT molecular complexity index is 806. The Hall–Kier alpha value is -1.71. The highest BCUT2D eigenvalue weighted by atomic mass is 32.2. The summed E-state index contributed by atoms with van der Waals surface area (Å²) in [5.41, 5.74) is 0.464. The summed E-state index contributed by atoms with van der Waals surface area (Å²) in [6, 6.07) is 0. The Morgan fingerprint density at radius 2 is 2.19 bits per heavy atom. The SMILES string of the molecule is Cc1csc(C(=O)O)c1S(=O)(=O)N1CCn2ccnc2C1. The van der Waals surface area contributed by atoms with Gasteiger partial charge in [0, 0.05) is 25.5 Å². The number of aryl methyl sites for hydroxylation is 1. The molecule has 2 aromatic rings. The number of rotatable bonds is 3. The number of carbonyl (C=O) groups is 1. The third kappa shape index (κ3) is 2.27. The van der Waals surface area contributed by atoms with E-state index in [1.807, 2.05) is 4.57 Å². The number of thiophene rings is 1. The van der Waals surface area contributed by atoms with Crippen molar-refractivity contribution < 1.29 is 18.3 Å². The van der Waals surface area contributed by atoms with Crippen molar-refractivity contribution in [2.24, 2.45) is 0 Å². The highest BCUT2D eigenvalue weighted by Crippen LogP contribution is 2.31. The minimum Gasteiger partial charge on any atom is -0.477 e. The van der Waals surface area contributed by atoms with Gasteiger partial charge in [-0.05, 0) is 17.9 Å². The largest absolute Gasteiger partial charge is 0.477 e. The summed E-state index contributed by atoms with van der Waals surface area (Å²) < 4.78 is 28.7. The Balaban J connectivity index is 2.03. The zero-order chi connectivity index (χ0) is 15.2.